The molecule has 1 N–H and O–H groups in total. The smallest absolute Gasteiger partial charge is 0.341 e. The van der Waals surface area contributed by atoms with Crippen LogP contribution in [-0.2, 0) is 14.6 Å². The number of hydrogen-bond acceptors (Lipinski definition) is 5. The molecule has 1 saturated heterocycles. The van der Waals surface area contributed by atoms with Crippen molar-refractivity contribution in [2.45, 2.75) is 6.92 Å². The summed E-state index contributed by atoms with van der Waals surface area (Å²) in [5.41, 5.74) is 0.416. The van der Waals surface area contributed by atoms with Crippen molar-refractivity contribution < 1.29 is 27.9 Å². The van der Waals surface area contributed by atoms with Crippen LogP contribution >= 0.6 is 0 Å². The highest BCUT2D eigenvalue weighted by Gasteiger charge is 2.27. The molecule has 1 aliphatic heterocycles. The average Bonchev–Trinajstić information content (AvgIpc) is 2.62. The Morgan fingerprint density at radius 3 is 2.57 bits per heavy atom. The Morgan fingerprint density at radius 1 is 1.30 bits per heavy atom. The van der Waals surface area contributed by atoms with Gasteiger partial charge in [-0.3, -0.25) is 4.79 Å². The van der Waals surface area contributed by atoms with E-state index in [1.165, 1.54) is 12.1 Å². The van der Waals surface area contributed by atoms with E-state index in [0.717, 1.165) is 0 Å². The van der Waals surface area contributed by atoms with Crippen LogP contribution in [0.1, 0.15) is 17.3 Å². The minimum absolute atomic E-state index is 0.0249. The molecule has 1 fully saturated rings. The van der Waals surface area contributed by atoms with Crippen molar-refractivity contribution in [3.63, 3.8) is 0 Å². The molecule has 23 heavy (non-hydrogen) atoms. The molecular weight excluding hydrogens is 322 g/mol. The fourth-order valence-electron chi connectivity index (χ4n) is 2.49. The van der Waals surface area contributed by atoms with Gasteiger partial charge in [-0.1, -0.05) is 6.92 Å². The minimum atomic E-state index is -3.11. The van der Waals surface area contributed by atoms with E-state index in [1.54, 1.807) is 17.0 Å². The first-order valence-corrected chi connectivity index (χ1v) is 9.03. The van der Waals surface area contributed by atoms with E-state index >= 15 is 0 Å². The van der Waals surface area contributed by atoms with Gasteiger partial charge >= 0.3 is 5.97 Å². The van der Waals surface area contributed by atoms with Gasteiger partial charge in [0.1, 0.15) is 5.75 Å². The first kappa shape index (κ1) is 17.3. The number of sulfone groups is 1. The Kier molecular flexibility index (Phi) is 5.25. The van der Waals surface area contributed by atoms with Crippen LogP contribution in [0.4, 0.5) is 0 Å². The molecule has 126 valence electrons. The lowest BCUT2D eigenvalue weighted by Gasteiger charge is -2.22. The van der Waals surface area contributed by atoms with Gasteiger partial charge in [0.05, 0.1) is 11.5 Å². The van der Waals surface area contributed by atoms with E-state index in [4.69, 9.17) is 9.84 Å². The fourth-order valence-corrected chi connectivity index (χ4v) is 4.13. The molecular formula is C15H19NO6S. The van der Waals surface area contributed by atoms with Gasteiger partial charge in [0, 0.05) is 18.7 Å². The Morgan fingerprint density at radius 2 is 1.96 bits per heavy atom. The lowest BCUT2D eigenvalue weighted by atomic mass is 10.1. The molecule has 1 aliphatic rings. The summed E-state index contributed by atoms with van der Waals surface area (Å²) in [7, 11) is -3.11. The molecule has 1 unspecified atom stereocenters. The normalized spacial score (nSPS) is 20.6. The SMILES string of the molecule is CC1CN(C(=O)c2ccc(OCC(=O)O)cc2)CCS(=O)(=O)C1. The van der Waals surface area contributed by atoms with Crippen molar-refractivity contribution in [3.8, 4) is 5.75 Å². The van der Waals surface area contributed by atoms with Gasteiger partial charge in [0.25, 0.3) is 5.91 Å². The highest BCUT2D eigenvalue weighted by molar-refractivity contribution is 7.91. The van der Waals surface area contributed by atoms with Crippen LogP contribution in [0.5, 0.6) is 5.75 Å². The molecule has 0 spiro atoms. The minimum Gasteiger partial charge on any atom is -0.482 e. The Hall–Kier alpha value is -2.09. The number of rotatable bonds is 4. The highest BCUT2D eigenvalue weighted by Crippen LogP contribution is 2.17. The van der Waals surface area contributed by atoms with Gasteiger partial charge < -0.3 is 14.7 Å². The first-order valence-electron chi connectivity index (χ1n) is 7.21. The predicted octanol–water partition coefficient (Wildman–Crippen LogP) is 0.657. The van der Waals surface area contributed by atoms with Gasteiger partial charge in [-0.2, -0.15) is 0 Å². The fraction of sp³-hybridized carbons (Fsp3) is 0.467. The monoisotopic (exact) mass is 341 g/mol. The van der Waals surface area contributed by atoms with Crippen LogP contribution in [0, 0.1) is 5.92 Å². The predicted molar refractivity (Wildman–Crippen MR) is 83.3 cm³/mol. The van der Waals surface area contributed by atoms with Crippen molar-refractivity contribution in [2.24, 2.45) is 5.92 Å². The Balaban J connectivity index is 2.06. The van der Waals surface area contributed by atoms with Gasteiger partial charge in [-0.05, 0) is 30.2 Å². The highest BCUT2D eigenvalue weighted by atomic mass is 32.2. The number of carbonyl (C=O) groups is 2. The molecule has 1 atom stereocenters. The summed E-state index contributed by atoms with van der Waals surface area (Å²) in [4.78, 5) is 24.5. The molecule has 8 heteroatoms. The zero-order chi connectivity index (χ0) is 17.0. The van der Waals surface area contributed by atoms with Crippen LogP contribution in [0.3, 0.4) is 0 Å². The summed E-state index contributed by atoms with van der Waals surface area (Å²) in [6, 6.07) is 6.13. The van der Waals surface area contributed by atoms with Crippen LogP contribution in [0.15, 0.2) is 24.3 Å². The average molecular weight is 341 g/mol. The maximum absolute atomic E-state index is 12.5. The topological polar surface area (TPSA) is 101 Å². The Labute approximate surface area is 134 Å². The van der Waals surface area contributed by atoms with Gasteiger partial charge in [-0.15, -0.1) is 0 Å². The number of carboxylic acid groups (broad SMARTS) is 1. The molecule has 7 nitrogen and oxygen atoms in total. The molecule has 1 aromatic rings. The van der Waals surface area contributed by atoms with E-state index in [0.29, 0.717) is 17.9 Å². The third-order valence-electron chi connectivity index (χ3n) is 3.49. The van der Waals surface area contributed by atoms with Crippen molar-refractivity contribution >= 4 is 21.7 Å². The number of benzene rings is 1. The summed E-state index contributed by atoms with van der Waals surface area (Å²) in [5, 5.41) is 8.55. The third-order valence-corrected chi connectivity index (χ3v) is 5.37. The van der Waals surface area contributed by atoms with E-state index < -0.39 is 22.4 Å². The molecule has 1 heterocycles. The van der Waals surface area contributed by atoms with Crippen LogP contribution in [-0.4, -0.2) is 61.5 Å². The van der Waals surface area contributed by atoms with Crippen LogP contribution in [0.25, 0.3) is 0 Å². The van der Waals surface area contributed by atoms with E-state index in [9.17, 15) is 18.0 Å². The summed E-state index contributed by atoms with van der Waals surface area (Å²) in [5.74, 6) is -0.995. The molecule has 1 amide bonds. The van der Waals surface area contributed by atoms with Crippen molar-refractivity contribution in [1.82, 2.24) is 4.90 Å². The van der Waals surface area contributed by atoms with E-state index in [2.05, 4.69) is 0 Å². The summed E-state index contributed by atoms with van der Waals surface area (Å²) < 4.78 is 28.5. The van der Waals surface area contributed by atoms with Gasteiger partial charge in [0.2, 0.25) is 0 Å². The standard InChI is InChI=1S/C15H19NO6S/c1-11-8-16(6-7-23(20,21)10-11)15(19)12-2-4-13(5-3-12)22-9-14(17)18/h2-5,11H,6-10H2,1H3,(H,17,18). The molecule has 2 rings (SSSR count). The quantitative estimate of drug-likeness (QED) is 0.863. The maximum Gasteiger partial charge on any atom is 0.341 e. The van der Waals surface area contributed by atoms with Crippen LogP contribution < -0.4 is 4.74 Å². The molecule has 0 aliphatic carbocycles. The third kappa shape index (κ3) is 4.95. The lowest BCUT2D eigenvalue weighted by Crippen LogP contribution is -2.35. The summed E-state index contributed by atoms with van der Waals surface area (Å²) in [6.45, 7) is 1.94. The second-order valence-electron chi connectivity index (χ2n) is 5.68. The molecule has 0 saturated carbocycles. The first-order chi connectivity index (χ1) is 10.8. The number of nitrogens with zero attached hydrogens (tertiary/aromatic N) is 1. The largest absolute Gasteiger partial charge is 0.482 e. The van der Waals surface area contributed by atoms with Crippen molar-refractivity contribution in [2.75, 3.05) is 31.2 Å². The molecule has 1 aromatic carbocycles. The number of amides is 1. The zero-order valence-electron chi connectivity index (χ0n) is 12.8. The lowest BCUT2D eigenvalue weighted by molar-refractivity contribution is -0.139. The van der Waals surface area contributed by atoms with Crippen molar-refractivity contribution in [3.05, 3.63) is 29.8 Å². The Bertz CT molecular complexity index is 682. The number of hydrogen-bond donors (Lipinski definition) is 1. The van der Waals surface area contributed by atoms with E-state index in [1.807, 2.05) is 6.92 Å². The second kappa shape index (κ2) is 6.99. The molecule has 0 radical (unpaired) electrons. The summed E-state index contributed by atoms with van der Waals surface area (Å²) in [6.07, 6.45) is 0. The second-order valence-corrected chi connectivity index (χ2v) is 7.91. The number of carboxylic acids is 1. The number of carbonyl (C=O) groups excluding carboxylic acids is 1. The van der Waals surface area contributed by atoms with Gasteiger partial charge in [0.15, 0.2) is 16.4 Å². The van der Waals surface area contributed by atoms with E-state index in [-0.39, 0.29) is 29.9 Å². The van der Waals surface area contributed by atoms with Crippen molar-refractivity contribution in [1.29, 1.82) is 0 Å². The van der Waals surface area contributed by atoms with Crippen LogP contribution in [0.2, 0.25) is 0 Å². The molecule has 0 bridgehead atoms. The zero-order valence-corrected chi connectivity index (χ0v) is 13.6. The number of ether oxygens (including phenoxy) is 1. The summed E-state index contributed by atoms with van der Waals surface area (Å²) >= 11 is 0. The maximum atomic E-state index is 12.5. The molecule has 0 aromatic heterocycles. The van der Waals surface area contributed by atoms with Gasteiger partial charge in [-0.25, -0.2) is 13.2 Å². The number of aliphatic carboxylic acids is 1.